The zero-order valence-corrected chi connectivity index (χ0v) is 15.7. The average molecular weight is 477 g/mol. The van der Waals surface area contributed by atoms with Crippen molar-refractivity contribution in [3.05, 3.63) is 65.6 Å². The molecule has 2 aromatic carbocycles. The predicted molar refractivity (Wildman–Crippen MR) is 95.4 cm³/mol. The average Bonchev–Trinajstić information content (AvgIpc) is 2.76. The van der Waals surface area contributed by atoms with Crippen molar-refractivity contribution in [2.75, 3.05) is 0 Å². The Kier molecular flexibility index (Phi) is 4.34. The third kappa shape index (κ3) is 2.88. The van der Waals surface area contributed by atoms with Crippen LogP contribution in [0.3, 0.4) is 0 Å². The van der Waals surface area contributed by atoms with Gasteiger partial charge in [-0.25, -0.2) is 0 Å². The number of aliphatic hydroxyl groups excluding tert-OH is 1. The molecule has 1 unspecified atom stereocenters. The van der Waals surface area contributed by atoms with Crippen LogP contribution in [0.5, 0.6) is 0 Å². The van der Waals surface area contributed by atoms with Gasteiger partial charge in [-0.2, -0.15) is 0 Å². The van der Waals surface area contributed by atoms with Crippen LogP contribution in [0.25, 0.3) is 10.8 Å². The fourth-order valence-corrected chi connectivity index (χ4v) is 5.39. The number of thiophene rings is 1. The summed E-state index contributed by atoms with van der Waals surface area (Å²) in [7, 11) is 0. The Morgan fingerprint density at radius 2 is 1.60 bits per heavy atom. The molecule has 5 heteroatoms. The summed E-state index contributed by atoms with van der Waals surface area (Å²) in [5.41, 5.74) is 1.78. The van der Waals surface area contributed by atoms with Crippen LogP contribution in [0, 0.1) is 0 Å². The van der Waals surface area contributed by atoms with Gasteiger partial charge in [0.1, 0.15) is 6.10 Å². The summed E-state index contributed by atoms with van der Waals surface area (Å²) in [6, 6.07) is 14.1. The maximum Gasteiger partial charge on any atom is 0.106 e. The molecule has 0 aliphatic rings. The van der Waals surface area contributed by atoms with E-state index in [1.165, 1.54) is 0 Å². The molecule has 102 valence electrons. The zero-order valence-electron chi connectivity index (χ0n) is 10.1. The van der Waals surface area contributed by atoms with Crippen molar-refractivity contribution in [1.29, 1.82) is 0 Å². The molecule has 0 amide bonds. The van der Waals surface area contributed by atoms with E-state index in [4.69, 9.17) is 0 Å². The Bertz CT molecular complexity index is 782. The van der Waals surface area contributed by atoms with Gasteiger partial charge in [0.15, 0.2) is 0 Å². The van der Waals surface area contributed by atoms with Gasteiger partial charge in [0.25, 0.3) is 0 Å². The smallest absolute Gasteiger partial charge is 0.106 e. The van der Waals surface area contributed by atoms with E-state index in [1.807, 2.05) is 36.4 Å². The van der Waals surface area contributed by atoms with Crippen LogP contribution in [-0.4, -0.2) is 5.11 Å². The van der Waals surface area contributed by atoms with E-state index in [0.717, 1.165) is 33.9 Å². The SMILES string of the molecule is OC(c1ccc2cc(Br)ccc2c1)c1cc(Br)sc1Br. The molecule has 1 aromatic heterocycles. The monoisotopic (exact) mass is 474 g/mol. The van der Waals surface area contributed by atoms with Gasteiger partial charge < -0.3 is 5.11 Å². The molecule has 0 saturated carbocycles. The number of aliphatic hydroxyl groups is 1. The Morgan fingerprint density at radius 3 is 2.30 bits per heavy atom. The molecule has 0 aliphatic carbocycles. The molecular formula is C15H9Br3OS. The Labute approximate surface area is 146 Å². The van der Waals surface area contributed by atoms with Crippen LogP contribution < -0.4 is 0 Å². The van der Waals surface area contributed by atoms with Gasteiger partial charge in [0, 0.05) is 10.0 Å². The molecule has 0 aliphatic heterocycles. The zero-order chi connectivity index (χ0) is 14.3. The molecule has 1 nitrogen and oxygen atoms in total. The molecule has 1 heterocycles. The molecule has 0 saturated heterocycles. The largest absolute Gasteiger partial charge is 0.384 e. The second-order valence-corrected chi connectivity index (χ2v) is 9.10. The molecule has 3 aromatic rings. The van der Waals surface area contributed by atoms with E-state index in [1.54, 1.807) is 11.3 Å². The molecule has 1 atom stereocenters. The normalized spacial score (nSPS) is 12.8. The van der Waals surface area contributed by atoms with E-state index in [-0.39, 0.29) is 0 Å². The first kappa shape index (κ1) is 14.7. The summed E-state index contributed by atoms with van der Waals surface area (Å²) >= 11 is 12.0. The minimum Gasteiger partial charge on any atom is -0.384 e. The van der Waals surface area contributed by atoms with Gasteiger partial charge in [0.2, 0.25) is 0 Å². The van der Waals surface area contributed by atoms with E-state index >= 15 is 0 Å². The highest BCUT2D eigenvalue weighted by Gasteiger charge is 2.16. The van der Waals surface area contributed by atoms with Crippen LogP contribution in [-0.2, 0) is 0 Å². The van der Waals surface area contributed by atoms with Crippen LogP contribution in [0.2, 0.25) is 0 Å². The summed E-state index contributed by atoms with van der Waals surface area (Å²) in [6.45, 7) is 0. The summed E-state index contributed by atoms with van der Waals surface area (Å²) in [5, 5.41) is 12.8. The van der Waals surface area contributed by atoms with E-state index < -0.39 is 6.10 Å². The van der Waals surface area contributed by atoms with Crippen LogP contribution >= 0.6 is 59.1 Å². The topological polar surface area (TPSA) is 20.2 Å². The van der Waals surface area contributed by atoms with Crippen LogP contribution in [0.4, 0.5) is 0 Å². The second-order valence-electron chi connectivity index (χ2n) is 4.43. The molecule has 20 heavy (non-hydrogen) atoms. The summed E-state index contributed by atoms with van der Waals surface area (Å²) in [4.78, 5) is 0. The molecule has 3 rings (SSSR count). The summed E-state index contributed by atoms with van der Waals surface area (Å²) in [6.07, 6.45) is -0.625. The predicted octanol–water partition coefficient (Wildman–Crippen LogP) is 6.27. The fourth-order valence-electron chi connectivity index (χ4n) is 2.12. The number of hydrogen-bond acceptors (Lipinski definition) is 2. The lowest BCUT2D eigenvalue weighted by Crippen LogP contribution is -1.98. The first-order valence-electron chi connectivity index (χ1n) is 5.86. The van der Waals surface area contributed by atoms with Gasteiger partial charge in [0.05, 0.1) is 7.57 Å². The lowest BCUT2D eigenvalue weighted by molar-refractivity contribution is 0.220. The van der Waals surface area contributed by atoms with Crippen molar-refractivity contribution in [1.82, 2.24) is 0 Å². The maximum absolute atomic E-state index is 10.5. The highest BCUT2D eigenvalue weighted by atomic mass is 79.9. The van der Waals surface area contributed by atoms with Gasteiger partial charge in [-0.1, -0.05) is 34.1 Å². The maximum atomic E-state index is 10.5. The minimum absolute atomic E-state index is 0.625. The van der Waals surface area contributed by atoms with Gasteiger partial charge in [-0.15, -0.1) is 11.3 Å². The van der Waals surface area contributed by atoms with Crippen LogP contribution in [0.15, 0.2) is 54.5 Å². The Morgan fingerprint density at radius 1 is 0.900 bits per heavy atom. The summed E-state index contributed by atoms with van der Waals surface area (Å²) in [5.74, 6) is 0. The third-order valence-corrected chi connectivity index (χ3v) is 6.00. The highest BCUT2D eigenvalue weighted by molar-refractivity contribution is 9.12. The fraction of sp³-hybridized carbons (Fsp3) is 0.0667. The van der Waals surface area contributed by atoms with Crippen molar-refractivity contribution in [2.45, 2.75) is 6.10 Å². The van der Waals surface area contributed by atoms with Crippen molar-refractivity contribution in [3.63, 3.8) is 0 Å². The van der Waals surface area contributed by atoms with Gasteiger partial charge in [-0.3, -0.25) is 0 Å². The molecule has 0 spiro atoms. The first-order valence-corrected chi connectivity index (χ1v) is 9.06. The Balaban J connectivity index is 2.05. The molecule has 0 bridgehead atoms. The van der Waals surface area contributed by atoms with E-state index in [9.17, 15) is 5.11 Å². The van der Waals surface area contributed by atoms with Crippen molar-refractivity contribution in [3.8, 4) is 0 Å². The Hall–Kier alpha value is -0.200. The number of fused-ring (bicyclic) bond motifs is 1. The number of hydrogen-bond donors (Lipinski definition) is 1. The van der Waals surface area contributed by atoms with E-state index in [2.05, 4.69) is 53.9 Å². The highest BCUT2D eigenvalue weighted by Crippen LogP contribution is 2.38. The quantitative estimate of drug-likeness (QED) is 0.462. The lowest BCUT2D eigenvalue weighted by atomic mass is 10.0. The van der Waals surface area contributed by atoms with Gasteiger partial charge >= 0.3 is 0 Å². The first-order chi connectivity index (χ1) is 9.54. The molecular weight excluding hydrogens is 468 g/mol. The van der Waals surface area contributed by atoms with Gasteiger partial charge in [-0.05, 0) is 72.5 Å². The van der Waals surface area contributed by atoms with Crippen molar-refractivity contribution < 1.29 is 5.11 Å². The second kappa shape index (κ2) is 5.89. The standard InChI is InChI=1S/C15H9Br3OS/c16-11-4-3-8-5-10(2-1-9(8)6-11)14(19)12-7-13(17)20-15(12)18/h1-7,14,19H. The van der Waals surface area contributed by atoms with Crippen molar-refractivity contribution in [2.24, 2.45) is 0 Å². The lowest BCUT2D eigenvalue weighted by Gasteiger charge is -2.11. The molecule has 0 fully saturated rings. The number of rotatable bonds is 2. The van der Waals surface area contributed by atoms with Crippen molar-refractivity contribution >= 4 is 69.9 Å². The van der Waals surface area contributed by atoms with Crippen LogP contribution in [0.1, 0.15) is 17.2 Å². The number of benzene rings is 2. The molecule has 1 N–H and O–H groups in total. The van der Waals surface area contributed by atoms with E-state index in [0.29, 0.717) is 0 Å². The minimum atomic E-state index is -0.625. The third-order valence-electron chi connectivity index (χ3n) is 3.12. The molecule has 0 radical (unpaired) electrons. The number of halogens is 3. The summed E-state index contributed by atoms with van der Waals surface area (Å²) < 4.78 is 3.01.